The van der Waals surface area contributed by atoms with Gasteiger partial charge in [-0.05, 0) is 52.3 Å². The van der Waals surface area contributed by atoms with Crippen LogP contribution in [0.3, 0.4) is 0 Å². The third-order valence-electron chi connectivity index (χ3n) is 4.66. The largest absolute Gasteiger partial charge is 0.309 e. The number of rotatable bonds is 5. The van der Waals surface area contributed by atoms with Gasteiger partial charge in [-0.1, -0.05) is 29.8 Å². The highest BCUT2D eigenvalue weighted by molar-refractivity contribution is 7.92. The topological polar surface area (TPSA) is 86.0 Å². The Morgan fingerprint density at radius 2 is 1.77 bits per heavy atom. The summed E-state index contributed by atoms with van der Waals surface area (Å²) in [5, 5.41) is 4.95. The van der Waals surface area contributed by atoms with Crippen LogP contribution < -0.4 is 10.3 Å². The molecule has 1 aromatic carbocycles. The molecule has 30 heavy (non-hydrogen) atoms. The van der Waals surface area contributed by atoms with E-state index in [-0.39, 0.29) is 28.2 Å². The van der Waals surface area contributed by atoms with Crippen molar-refractivity contribution in [2.24, 2.45) is 0 Å². The first-order valence-electron chi connectivity index (χ1n) is 9.43. The zero-order chi connectivity index (χ0) is 22.3. The molecule has 0 aliphatic rings. The van der Waals surface area contributed by atoms with Crippen molar-refractivity contribution in [2.75, 3.05) is 4.72 Å². The third-order valence-corrected chi connectivity index (χ3v) is 6.66. The first kappa shape index (κ1) is 22.1. The van der Waals surface area contributed by atoms with E-state index in [1.807, 2.05) is 39.0 Å². The molecule has 0 saturated carbocycles. The molecule has 0 saturated heterocycles. The summed E-state index contributed by atoms with van der Waals surface area (Å²) in [6.07, 6.45) is 1.47. The van der Waals surface area contributed by atoms with Gasteiger partial charge in [0, 0.05) is 17.3 Å². The van der Waals surface area contributed by atoms with Crippen LogP contribution in [-0.2, 0) is 22.1 Å². The second kappa shape index (κ2) is 7.92. The van der Waals surface area contributed by atoms with Crippen LogP contribution in [0.5, 0.6) is 0 Å². The highest BCUT2D eigenvalue weighted by atomic mass is 35.5. The van der Waals surface area contributed by atoms with Crippen molar-refractivity contribution in [1.29, 1.82) is 0 Å². The van der Waals surface area contributed by atoms with Crippen molar-refractivity contribution < 1.29 is 8.42 Å². The smallest absolute Gasteiger partial charge is 0.265 e. The molecular weight excluding hydrogens is 424 g/mol. The minimum Gasteiger partial charge on any atom is -0.309 e. The third kappa shape index (κ3) is 4.44. The molecule has 7 nitrogen and oxygen atoms in total. The minimum absolute atomic E-state index is 0.140. The second-order valence-electron chi connectivity index (χ2n) is 8.16. The molecule has 160 valence electrons. The number of pyridine rings is 1. The van der Waals surface area contributed by atoms with E-state index in [2.05, 4.69) is 9.82 Å². The van der Waals surface area contributed by atoms with E-state index in [1.165, 1.54) is 22.9 Å². The van der Waals surface area contributed by atoms with Crippen LogP contribution in [0.2, 0.25) is 5.02 Å². The lowest BCUT2D eigenvalue weighted by atomic mass is 10.1. The maximum atomic E-state index is 13.1. The molecule has 0 amide bonds. The van der Waals surface area contributed by atoms with Crippen molar-refractivity contribution in [2.45, 2.75) is 51.6 Å². The van der Waals surface area contributed by atoms with E-state index in [0.717, 1.165) is 5.56 Å². The van der Waals surface area contributed by atoms with Crippen LogP contribution in [0, 0.1) is 13.8 Å². The van der Waals surface area contributed by atoms with Gasteiger partial charge in [-0.3, -0.25) is 14.2 Å². The molecule has 0 spiro atoms. The molecule has 0 fully saturated rings. The first-order valence-corrected chi connectivity index (χ1v) is 11.3. The Bertz CT molecular complexity index is 1250. The monoisotopic (exact) mass is 448 g/mol. The maximum Gasteiger partial charge on any atom is 0.265 e. The molecule has 0 aliphatic heterocycles. The average Bonchev–Trinajstić information content (AvgIpc) is 2.95. The lowest BCUT2D eigenvalue weighted by Gasteiger charge is -2.21. The Morgan fingerprint density at radius 3 is 2.37 bits per heavy atom. The highest BCUT2D eigenvalue weighted by Crippen LogP contribution is 2.26. The number of anilines is 1. The molecule has 0 aliphatic carbocycles. The molecule has 0 unspecified atom stereocenters. The molecule has 3 aromatic rings. The summed E-state index contributed by atoms with van der Waals surface area (Å²) >= 11 is 6.19. The molecule has 0 atom stereocenters. The van der Waals surface area contributed by atoms with Gasteiger partial charge in [0.15, 0.2) is 0 Å². The van der Waals surface area contributed by atoms with Gasteiger partial charge in [-0.15, -0.1) is 0 Å². The Kier molecular flexibility index (Phi) is 5.84. The van der Waals surface area contributed by atoms with E-state index in [9.17, 15) is 13.2 Å². The number of hydrogen-bond acceptors (Lipinski definition) is 4. The quantitative estimate of drug-likeness (QED) is 0.640. The zero-order valence-electron chi connectivity index (χ0n) is 17.6. The van der Waals surface area contributed by atoms with Gasteiger partial charge >= 0.3 is 0 Å². The lowest BCUT2D eigenvalue weighted by molar-refractivity contribution is 0.345. The maximum absolute atomic E-state index is 13.1. The fourth-order valence-electron chi connectivity index (χ4n) is 3.40. The SMILES string of the molecule is Cc1nn(C(C)(C)C)c(C)c1S(=O)(=O)Nc1ccc(=O)n(Cc2ccccc2Cl)c1. The Morgan fingerprint density at radius 1 is 1.10 bits per heavy atom. The summed E-state index contributed by atoms with van der Waals surface area (Å²) in [6, 6.07) is 9.97. The van der Waals surface area contributed by atoms with E-state index in [1.54, 1.807) is 24.6 Å². The van der Waals surface area contributed by atoms with E-state index >= 15 is 0 Å². The Hall–Kier alpha value is -2.58. The fourth-order valence-corrected chi connectivity index (χ4v) is 5.04. The van der Waals surface area contributed by atoms with Crippen molar-refractivity contribution in [3.05, 3.63) is 74.9 Å². The molecule has 0 bridgehead atoms. The van der Waals surface area contributed by atoms with Crippen LogP contribution >= 0.6 is 11.6 Å². The van der Waals surface area contributed by atoms with Gasteiger partial charge in [0.1, 0.15) is 4.90 Å². The average molecular weight is 449 g/mol. The van der Waals surface area contributed by atoms with Crippen molar-refractivity contribution >= 4 is 27.3 Å². The van der Waals surface area contributed by atoms with Crippen LogP contribution in [0.25, 0.3) is 0 Å². The number of benzene rings is 1. The van der Waals surface area contributed by atoms with Crippen molar-refractivity contribution in [3.63, 3.8) is 0 Å². The summed E-state index contributed by atoms with van der Waals surface area (Å²) in [5.41, 5.74) is 1.40. The fraction of sp³-hybridized carbons (Fsp3) is 0.333. The van der Waals surface area contributed by atoms with Crippen LogP contribution in [0.4, 0.5) is 5.69 Å². The predicted octanol–water partition coefficient (Wildman–Crippen LogP) is 3.92. The van der Waals surface area contributed by atoms with E-state index < -0.39 is 10.0 Å². The van der Waals surface area contributed by atoms with E-state index in [4.69, 9.17) is 11.6 Å². The van der Waals surface area contributed by atoms with Crippen LogP contribution in [-0.4, -0.2) is 22.8 Å². The van der Waals surface area contributed by atoms with Gasteiger partial charge < -0.3 is 4.57 Å². The van der Waals surface area contributed by atoms with E-state index in [0.29, 0.717) is 16.4 Å². The molecule has 0 radical (unpaired) electrons. The molecular formula is C21H25ClN4O3S. The zero-order valence-corrected chi connectivity index (χ0v) is 19.2. The summed E-state index contributed by atoms with van der Waals surface area (Å²) in [6.45, 7) is 9.51. The molecule has 2 aromatic heterocycles. The predicted molar refractivity (Wildman–Crippen MR) is 119 cm³/mol. The number of aryl methyl sites for hydroxylation is 1. The first-order chi connectivity index (χ1) is 13.9. The number of sulfonamides is 1. The summed E-state index contributed by atoms with van der Waals surface area (Å²) in [5.74, 6) is 0. The van der Waals surface area contributed by atoms with Crippen LogP contribution in [0.15, 0.2) is 52.3 Å². The summed E-state index contributed by atoms with van der Waals surface area (Å²) in [4.78, 5) is 12.4. The standard InChI is InChI=1S/C21H25ClN4O3S/c1-14-20(15(2)26(23-14)21(3,4)5)30(28,29)24-17-10-11-19(27)25(13-17)12-16-8-6-7-9-18(16)22/h6-11,13,24H,12H2,1-5H3. The molecule has 2 heterocycles. The molecule has 1 N–H and O–H groups in total. The van der Waals surface area contributed by atoms with Crippen molar-refractivity contribution in [1.82, 2.24) is 14.3 Å². The molecule has 9 heteroatoms. The van der Waals surface area contributed by atoms with Gasteiger partial charge in [0.2, 0.25) is 0 Å². The van der Waals surface area contributed by atoms with Crippen molar-refractivity contribution in [3.8, 4) is 0 Å². The Balaban J connectivity index is 1.96. The minimum atomic E-state index is -3.90. The number of nitrogens with zero attached hydrogens (tertiary/aromatic N) is 3. The van der Waals surface area contributed by atoms with Gasteiger partial charge in [-0.2, -0.15) is 5.10 Å². The summed E-state index contributed by atoms with van der Waals surface area (Å²) in [7, 11) is -3.90. The number of aromatic nitrogens is 3. The summed E-state index contributed by atoms with van der Waals surface area (Å²) < 4.78 is 31.9. The number of halogens is 1. The normalized spacial score (nSPS) is 12.2. The van der Waals surface area contributed by atoms with Gasteiger partial charge in [0.25, 0.3) is 15.6 Å². The second-order valence-corrected chi connectivity index (χ2v) is 10.2. The lowest BCUT2D eigenvalue weighted by Crippen LogP contribution is -2.25. The number of nitrogens with one attached hydrogen (secondary N) is 1. The molecule has 3 rings (SSSR count). The van der Waals surface area contributed by atoms with Gasteiger partial charge in [0.05, 0.1) is 29.2 Å². The Labute approximate surface area is 181 Å². The highest BCUT2D eigenvalue weighted by Gasteiger charge is 2.28. The van der Waals surface area contributed by atoms with Crippen LogP contribution in [0.1, 0.15) is 37.7 Å². The van der Waals surface area contributed by atoms with Gasteiger partial charge in [-0.25, -0.2) is 8.42 Å². The number of hydrogen-bond donors (Lipinski definition) is 1.